The van der Waals surface area contributed by atoms with Gasteiger partial charge in [0.15, 0.2) is 5.58 Å². The van der Waals surface area contributed by atoms with E-state index < -0.39 is 0 Å². The van der Waals surface area contributed by atoms with Gasteiger partial charge in [0.05, 0.1) is 20.6 Å². The molecule has 0 spiro atoms. The van der Waals surface area contributed by atoms with Gasteiger partial charge in [-0.1, -0.05) is 22.0 Å². The fourth-order valence-electron chi connectivity index (χ4n) is 2.27. The molecule has 0 amide bonds. The molecule has 3 aromatic heterocycles. The van der Waals surface area contributed by atoms with E-state index in [9.17, 15) is 0 Å². The lowest BCUT2D eigenvalue weighted by molar-refractivity contribution is 0.534. The van der Waals surface area contributed by atoms with Gasteiger partial charge in [-0.25, -0.2) is 4.98 Å². The van der Waals surface area contributed by atoms with E-state index in [0.29, 0.717) is 11.1 Å². The number of thiazole rings is 1. The largest absolute Gasteiger partial charge is 0.437 e. The molecule has 1 N–H and O–H groups in total. The van der Waals surface area contributed by atoms with Crippen LogP contribution in [-0.4, -0.2) is 4.98 Å². The molecule has 7 heteroatoms. The normalized spacial score (nSPS) is 11.2. The number of hydrogen-bond acceptors (Lipinski definition) is 5. The van der Waals surface area contributed by atoms with Crippen molar-refractivity contribution in [2.45, 2.75) is 0 Å². The Labute approximate surface area is 156 Å². The maximum Gasteiger partial charge on any atom is 0.222 e. The average molecular weight is 468 g/mol. The van der Waals surface area contributed by atoms with E-state index in [1.807, 2.05) is 41.1 Å². The maximum atomic E-state index is 8.19. The highest BCUT2D eigenvalue weighted by Crippen LogP contribution is 2.33. The lowest BCUT2D eigenvalue weighted by Gasteiger charge is -2.04. The zero-order valence-electron chi connectivity index (χ0n) is 11.5. The van der Waals surface area contributed by atoms with Crippen LogP contribution in [-0.2, 0) is 0 Å². The molecule has 0 aliphatic heterocycles. The van der Waals surface area contributed by atoms with Gasteiger partial charge < -0.3 is 4.42 Å². The Morgan fingerprint density at radius 1 is 1.13 bits per heavy atom. The smallest absolute Gasteiger partial charge is 0.222 e. The van der Waals surface area contributed by atoms with Crippen molar-refractivity contribution in [3.05, 3.63) is 55.6 Å². The summed E-state index contributed by atoms with van der Waals surface area (Å²) in [5, 5.41) is 14.0. The second kappa shape index (κ2) is 5.98. The van der Waals surface area contributed by atoms with Gasteiger partial charge in [-0.15, -0.1) is 22.7 Å². The molecule has 4 aromatic rings. The molecule has 0 aliphatic rings. The predicted octanol–water partition coefficient (Wildman–Crippen LogP) is 6.29. The monoisotopic (exact) mass is 466 g/mol. The van der Waals surface area contributed by atoms with Crippen LogP contribution in [0.5, 0.6) is 0 Å². The standard InChI is InChI=1S/C16H8Br2N2OS2/c17-9-4-8-5-10(15(19)21-14(8)11(18)6-9)16-20-12(7-23-16)13-2-1-3-22-13/h1-7,19H. The van der Waals surface area contributed by atoms with Gasteiger partial charge in [-0.05, 0) is 45.6 Å². The third-order valence-electron chi connectivity index (χ3n) is 3.29. The van der Waals surface area contributed by atoms with Crippen molar-refractivity contribution in [2.24, 2.45) is 0 Å². The van der Waals surface area contributed by atoms with E-state index in [1.165, 1.54) is 11.3 Å². The van der Waals surface area contributed by atoms with Crippen LogP contribution in [0, 0.1) is 5.41 Å². The molecule has 4 rings (SSSR count). The molecule has 0 unspecified atom stereocenters. The number of aromatic nitrogens is 1. The first-order valence-corrected chi connectivity index (χ1v) is 9.93. The van der Waals surface area contributed by atoms with Crippen LogP contribution in [0.4, 0.5) is 0 Å². The first-order chi connectivity index (χ1) is 11.1. The Bertz CT molecular complexity index is 1070. The molecule has 0 radical (unpaired) electrons. The van der Waals surface area contributed by atoms with Crippen molar-refractivity contribution < 1.29 is 4.42 Å². The molecule has 114 valence electrons. The van der Waals surface area contributed by atoms with Gasteiger partial charge in [-0.3, -0.25) is 5.41 Å². The quantitative estimate of drug-likeness (QED) is 0.376. The Morgan fingerprint density at radius 3 is 2.78 bits per heavy atom. The molecule has 0 saturated heterocycles. The van der Waals surface area contributed by atoms with Crippen molar-refractivity contribution >= 4 is 65.5 Å². The third-order valence-corrected chi connectivity index (χ3v) is 6.11. The number of nitrogens with one attached hydrogen (secondary N) is 1. The third kappa shape index (κ3) is 2.82. The lowest BCUT2D eigenvalue weighted by Crippen LogP contribution is -2.03. The van der Waals surface area contributed by atoms with Crippen LogP contribution in [0.2, 0.25) is 0 Å². The summed E-state index contributed by atoms with van der Waals surface area (Å²) in [6.45, 7) is 0. The Hall–Kier alpha value is -1.28. The molecular weight excluding hydrogens is 460 g/mol. The van der Waals surface area contributed by atoms with Crippen LogP contribution < -0.4 is 5.55 Å². The number of benzene rings is 1. The second-order valence-electron chi connectivity index (χ2n) is 4.81. The van der Waals surface area contributed by atoms with Crippen LogP contribution in [0.1, 0.15) is 0 Å². The van der Waals surface area contributed by atoms with Crippen molar-refractivity contribution in [2.75, 3.05) is 0 Å². The van der Waals surface area contributed by atoms with Crippen molar-refractivity contribution in [1.82, 2.24) is 4.98 Å². The van der Waals surface area contributed by atoms with Gasteiger partial charge in [0, 0.05) is 15.2 Å². The van der Waals surface area contributed by atoms with Crippen LogP contribution in [0.25, 0.3) is 32.1 Å². The minimum atomic E-state index is 0.118. The molecule has 0 aliphatic carbocycles. The summed E-state index contributed by atoms with van der Waals surface area (Å²) in [6.07, 6.45) is 0. The summed E-state index contributed by atoms with van der Waals surface area (Å²) < 4.78 is 7.47. The summed E-state index contributed by atoms with van der Waals surface area (Å²) >= 11 is 10.1. The van der Waals surface area contributed by atoms with E-state index in [1.54, 1.807) is 11.3 Å². The maximum absolute atomic E-state index is 8.19. The SMILES string of the molecule is N=c1oc2c(Br)cc(Br)cc2cc1-c1nc(-c2cccs2)cs1. The summed E-state index contributed by atoms with van der Waals surface area (Å²) in [6, 6.07) is 9.89. The number of nitrogens with zero attached hydrogens (tertiary/aromatic N) is 1. The molecule has 0 saturated carbocycles. The fourth-order valence-corrected chi connectivity index (χ4v) is 5.20. The fraction of sp³-hybridized carbons (Fsp3) is 0. The molecule has 0 atom stereocenters. The van der Waals surface area contributed by atoms with E-state index in [-0.39, 0.29) is 5.55 Å². The molecule has 3 nitrogen and oxygen atoms in total. The highest BCUT2D eigenvalue weighted by atomic mass is 79.9. The van der Waals surface area contributed by atoms with E-state index in [4.69, 9.17) is 9.83 Å². The van der Waals surface area contributed by atoms with Gasteiger partial charge in [-0.2, -0.15) is 0 Å². The number of thiophene rings is 1. The molecule has 1 aromatic carbocycles. The minimum absolute atomic E-state index is 0.118. The van der Waals surface area contributed by atoms with Gasteiger partial charge in [0.25, 0.3) is 0 Å². The molecule has 23 heavy (non-hydrogen) atoms. The minimum Gasteiger partial charge on any atom is -0.437 e. The van der Waals surface area contributed by atoms with Crippen LogP contribution in [0.3, 0.4) is 0 Å². The van der Waals surface area contributed by atoms with Crippen molar-refractivity contribution in [1.29, 1.82) is 5.41 Å². The molecule has 0 fully saturated rings. The second-order valence-corrected chi connectivity index (χ2v) is 8.39. The summed E-state index contributed by atoms with van der Waals surface area (Å²) in [5.41, 5.74) is 2.43. The first-order valence-electron chi connectivity index (χ1n) is 6.59. The van der Waals surface area contributed by atoms with Gasteiger partial charge in [0.1, 0.15) is 5.01 Å². The zero-order chi connectivity index (χ0) is 16.0. The van der Waals surface area contributed by atoms with Crippen LogP contribution in [0.15, 0.2) is 54.5 Å². The number of hydrogen-bond donors (Lipinski definition) is 1. The first kappa shape index (κ1) is 15.3. The summed E-state index contributed by atoms with van der Waals surface area (Å²) in [5.74, 6) is 0. The van der Waals surface area contributed by atoms with Gasteiger partial charge in [0.2, 0.25) is 5.55 Å². The van der Waals surface area contributed by atoms with E-state index in [2.05, 4.69) is 36.8 Å². The predicted molar refractivity (Wildman–Crippen MR) is 102 cm³/mol. The summed E-state index contributed by atoms with van der Waals surface area (Å²) in [4.78, 5) is 5.79. The molecule has 0 bridgehead atoms. The summed E-state index contributed by atoms with van der Waals surface area (Å²) in [7, 11) is 0. The van der Waals surface area contributed by atoms with Crippen LogP contribution >= 0.6 is 54.5 Å². The zero-order valence-corrected chi connectivity index (χ0v) is 16.3. The Morgan fingerprint density at radius 2 is 2.00 bits per heavy atom. The lowest BCUT2D eigenvalue weighted by atomic mass is 10.2. The Kier molecular flexibility index (Phi) is 3.96. The van der Waals surface area contributed by atoms with Gasteiger partial charge >= 0.3 is 0 Å². The number of fused-ring (bicyclic) bond motifs is 1. The van der Waals surface area contributed by atoms with E-state index in [0.717, 1.165) is 29.9 Å². The average Bonchev–Trinajstić information content (AvgIpc) is 3.18. The highest BCUT2D eigenvalue weighted by molar-refractivity contribution is 9.11. The van der Waals surface area contributed by atoms with E-state index >= 15 is 0 Å². The van der Waals surface area contributed by atoms with Crippen molar-refractivity contribution in [3.8, 4) is 21.1 Å². The highest BCUT2D eigenvalue weighted by Gasteiger charge is 2.13. The van der Waals surface area contributed by atoms with Crippen molar-refractivity contribution in [3.63, 3.8) is 0 Å². The topological polar surface area (TPSA) is 49.9 Å². The molecule has 3 heterocycles. The number of rotatable bonds is 2. The number of halogens is 2. The Balaban J connectivity index is 1.89. The molecular formula is C16H8Br2N2OS2.